The molecule has 0 fully saturated rings. The highest BCUT2D eigenvalue weighted by Crippen LogP contribution is 2.31. The zero-order valence-electron chi connectivity index (χ0n) is 7.00. The number of hydrogen-bond acceptors (Lipinski definition) is 2. The molecular weight excluding hydrogens is 209 g/mol. The largest absolute Gasteiger partial charge is 0.388 e. The van der Waals surface area contributed by atoms with Crippen LogP contribution in [0.3, 0.4) is 0 Å². The van der Waals surface area contributed by atoms with Gasteiger partial charge in [0, 0.05) is 15.6 Å². The average molecular weight is 220 g/mol. The van der Waals surface area contributed by atoms with Gasteiger partial charge < -0.3 is 10.8 Å². The summed E-state index contributed by atoms with van der Waals surface area (Å²) in [6.07, 6.45) is -0.213. The van der Waals surface area contributed by atoms with Crippen molar-refractivity contribution >= 4 is 23.2 Å². The van der Waals surface area contributed by atoms with Crippen molar-refractivity contribution in [2.24, 2.45) is 5.73 Å². The second-order valence-electron chi connectivity index (χ2n) is 2.73. The predicted molar refractivity (Wildman–Crippen MR) is 55.1 cm³/mol. The molecule has 0 saturated carbocycles. The molecule has 13 heavy (non-hydrogen) atoms. The Morgan fingerprint density at radius 3 is 2.31 bits per heavy atom. The van der Waals surface area contributed by atoms with E-state index in [2.05, 4.69) is 0 Å². The Balaban J connectivity index is 2.98. The Morgan fingerprint density at radius 1 is 1.31 bits per heavy atom. The van der Waals surface area contributed by atoms with E-state index >= 15 is 0 Å². The fourth-order valence-electron chi connectivity index (χ4n) is 1.13. The summed E-state index contributed by atoms with van der Waals surface area (Å²) in [5, 5.41) is 10.6. The Morgan fingerprint density at radius 2 is 1.85 bits per heavy atom. The summed E-state index contributed by atoms with van der Waals surface area (Å²) in [5.41, 5.74) is 5.89. The Bertz CT molecular complexity index is 271. The number of aliphatic hydroxyl groups is 1. The number of rotatable bonds is 3. The molecule has 1 aromatic carbocycles. The molecule has 0 saturated heterocycles. The van der Waals surface area contributed by atoms with Gasteiger partial charge in [0.25, 0.3) is 0 Å². The van der Waals surface area contributed by atoms with E-state index in [9.17, 15) is 5.11 Å². The third-order valence-electron chi connectivity index (χ3n) is 1.77. The predicted octanol–water partition coefficient (Wildman–Crippen LogP) is 2.38. The van der Waals surface area contributed by atoms with Crippen molar-refractivity contribution in [3.05, 3.63) is 33.8 Å². The van der Waals surface area contributed by atoms with Crippen LogP contribution in [0.1, 0.15) is 18.1 Å². The van der Waals surface area contributed by atoms with Crippen LogP contribution in [0.25, 0.3) is 0 Å². The summed E-state index contributed by atoms with van der Waals surface area (Å²) in [7, 11) is 0. The van der Waals surface area contributed by atoms with Gasteiger partial charge in [0.15, 0.2) is 0 Å². The van der Waals surface area contributed by atoms with E-state index in [1.807, 2.05) is 0 Å². The highest BCUT2D eigenvalue weighted by Gasteiger charge is 2.13. The van der Waals surface area contributed by atoms with Crippen LogP contribution in [0.2, 0.25) is 10.0 Å². The SMILES string of the molecule is NCCC(O)c1c(Cl)cccc1Cl. The van der Waals surface area contributed by atoms with Crippen LogP contribution in [-0.4, -0.2) is 11.7 Å². The lowest BCUT2D eigenvalue weighted by molar-refractivity contribution is 0.170. The number of benzene rings is 1. The van der Waals surface area contributed by atoms with Gasteiger partial charge in [-0.25, -0.2) is 0 Å². The summed E-state index contributed by atoms with van der Waals surface area (Å²) in [6, 6.07) is 5.13. The summed E-state index contributed by atoms with van der Waals surface area (Å²) >= 11 is 11.7. The van der Waals surface area contributed by atoms with Gasteiger partial charge in [0.05, 0.1) is 6.10 Å². The second-order valence-corrected chi connectivity index (χ2v) is 3.54. The van der Waals surface area contributed by atoms with Gasteiger partial charge in [-0.3, -0.25) is 0 Å². The van der Waals surface area contributed by atoms with Gasteiger partial charge in [0.1, 0.15) is 0 Å². The maximum absolute atomic E-state index is 9.63. The first kappa shape index (κ1) is 10.8. The van der Waals surface area contributed by atoms with Crippen LogP contribution >= 0.6 is 23.2 Å². The molecule has 1 aromatic rings. The number of hydrogen-bond donors (Lipinski definition) is 2. The van der Waals surface area contributed by atoms with E-state index in [4.69, 9.17) is 28.9 Å². The van der Waals surface area contributed by atoms with E-state index in [1.54, 1.807) is 18.2 Å². The smallest absolute Gasteiger partial charge is 0.0831 e. The lowest BCUT2D eigenvalue weighted by Crippen LogP contribution is -2.07. The standard InChI is InChI=1S/C9H11Cl2NO/c10-6-2-1-3-7(11)9(6)8(13)4-5-12/h1-3,8,13H,4-5,12H2. The number of nitrogens with two attached hydrogens (primary N) is 1. The zero-order valence-corrected chi connectivity index (χ0v) is 8.52. The van der Waals surface area contributed by atoms with E-state index in [0.29, 0.717) is 28.6 Å². The normalized spacial score (nSPS) is 12.9. The van der Waals surface area contributed by atoms with Crippen molar-refractivity contribution in [1.29, 1.82) is 0 Å². The molecule has 0 aromatic heterocycles. The molecule has 2 nitrogen and oxygen atoms in total. The van der Waals surface area contributed by atoms with Crippen molar-refractivity contribution in [2.45, 2.75) is 12.5 Å². The molecule has 1 unspecified atom stereocenters. The molecule has 0 aliphatic heterocycles. The van der Waals surface area contributed by atoms with Gasteiger partial charge in [-0.15, -0.1) is 0 Å². The summed E-state index contributed by atoms with van der Waals surface area (Å²) in [5.74, 6) is 0. The van der Waals surface area contributed by atoms with Gasteiger partial charge in [-0.2, -0.15) is 0 Å². The fraction of sp³-hybridized carbons (Fsp3) is 0.333. The summed E-state index contributed by atoms with van der Waals surface area (Å²) in [4.78, 5) is 0. The topological polar surface area (TPSA) is 46.2 Å². The molecule has 0 aliphatic carbocycles. The van der Waals surface area contributed by atoms with Crippen LogP contribution in [0.4, 0.5) is 0 Å². The first-order valence-corrected chi connectivity index (χ1v) is 4.74. The highest BCUT2D eigenvalue weighted by molar-refractivity contribution is 6.36. The molecular formula is C9H11Cl2NO. The minimum atomic E-state index is -0.675. The van der Waals surface area contributed by atoms with Crippen molar-refractivity contribution in [3.63, 3.8) is 0 Å². The average Bonchev–Trinajstić information content (AvgIpc) is 2.04. The quantitative estimate of drug-likeness (QED) is 0.821. The third-order valence-corrected chi connectivity index (χ3v) is 2.43. The molecule has 0 aliphatic rings. The molecule has 0 bridgehead atoms. The third kappa shape index (κ3) is 2.58. The van der Waals surface area contributed by atoms with Crippen LogP contribution in [0.15, 0.2) is 18.2 Å². The van der Waals surface area contributed by atoms with E-state index in [0.717, 1.165) is 0 Å². The number of halogens is 2. The Hall–Kier alpha value is -0.280. The summed E-state index contributed by atoms with van der Waals surface area (Å²) < 4.78 is 0. The minimum absolute atomic E-state index is 0.405. The van der Waals surface area contributed by atoms with E-state index in [-0.39, 0.29) is 0 Å². The van der Waals surface area contributed by atoms with Crippen LogP contribution < -0.4 is 5.73 Å². The molecule has 0 spiro atoms. The molecule has 0 radical (unpaired) electrons. The molecule has 4 heteroatoms. The first-order chi connectivity index (χ1) is 6.16. The van der Waals surface area contributed by atoms with Crippen molar-refractivity contribution in [3.8, 4) is 0 Å². The van der Waals surface area contributed by atoms with Gasteiger partial charge in [0.2, 0.25) is 0 Å². The van der Waals surface area contributed by atoms with Gasteiger partial charge >= 0.3 is 0 Å². The van der Waals surface area contributed by atoms with Crippen molar-refractivity contribution < 1.29 is 5.11 Å². The molecule has 1 rings (SSSR count). The molecule has 3 N–H and O–H groups in total. The van der Waals surface area contributed by atoms with Crippen LogP contribution in [-0.2, 0) is 0 Å². The van der Waals surface area contributed by atoms with E-state index in [1.165, 1.54) is 0 Å². The Labute approximate surface area is 87.3 Å². The minimum Gasteiger partial charge on any atom is -0.388 e. The molecule has 0 amide bonds. The van der Waals surface area contributed by atoms with Crippen molar-refractivity contribution in [1.82, 2.24) is 0 Å². The zero-order chi connectivity index (χ0) is 9.84. The molecule has 1 atom stereocenters. The maximum atomic E-state index is 9.63. The first-order valence-electron chi connectivity index (χ1n) is 3.99. The van der Waals surface area contributed by atoms with E-state index < -0.39 is 6.10 Å². The number of aliphatic hydroxyl groups excluding tert-OH is 1. The fourth-order valence-corrected chi connectivity index (χ4v) is 1.78. The summed E-state index contributed by atoms with van der Waals surface area (Å²) in [6.45, 7) is 0.405. The van der Waals surface area contributed by atoms with Gasteiger partial charge in [-0.1, -0.05) is 29.3 Å². The van der Waals surface area contributed by atoms with Crippen molar-refractivity contribution in [2.75, 3.05) is 6.54 Å². The lowest BCUT2D eigenvalue weighted by Gasteiger charge is -2.12. The molecule has 72 valence electrons. The van der Waals surface area contributed by atoms with Crippen LogP contribution in [0.5, 0.6) is 0 Å². The lowest BCUT2D eigenvalue weighted by atomic mass is 10.1. The Kier molecular flexibility index (Phi) is 4.00. The monoisotopic (exact) mass is 219 g/mol. The van der Waals surface area contributed by atoms with Crippen LogP contribution in [0, 0.1) is 0 Å². The second kappa shape index (κ2) is 4.82. The highest BCUT2D eigenvalue weighted by atomic mass is 35.5. The maximum Gasteiger partial charge on any atom is 0.0831 e. The van der Waals surface area contributed by atoms with Gasteiger partial charge in [-0.05, 0) is 25.1 Å². The molecule has 0 heterocycles.